The standard InChI is InChI=1S/C11H12N2O5/c1-3-18-10(15)6-4-5-7(9(6)14)12-13-8(5)11(16)17-2/h6H,3-4H2,1-2H3,(H,12,13). The van der Waals surface area contributed by atoms with Gasteiger partial charge in [0.25, 0.3) is 0 Å². The Balaban J connectivity index is 2.28. The molecule has 1 aliphatic carbocycles. The van der Waals surface area contributed by atoms with Gasteiger partial charge < -0.3 is 9.47 Å². The van der Waals surface area contributed by atoms with Crippen molar-refractivity contribution in [2.24, 2.45) is 5.92 Å². The van der Waals surface area contributed by atoms with E-state index in [1.54, 1.807) is 6.92 Å². The number of aromatic amines is 1. The van der Waals surface area contributed by atoms with Crippen molar-refractivity contribution in [3.63, 3.8) is 0 Å². The van der Waals surface area contributed by atoms with Crippen LogP contribution in [0.1, 0.15) is 33.5 Å². The summed E-state index contributed by atoms with van der Waals surface area (Å²) in [7, 11) is 1.23. The fraction of sp³-hybridized carbons (Fsp3) is 0.455. The van der Waals surface area contributed by atoms with E-state index >= 15 is 0 Å². The van der Waals surface area contributed by atoms with Crippen LogP contribution in [0.3, 0.4) is 0 Å². The van der Waals surface area contributed by atoms with Gasteiger partial charge in [0.2, 0.25) is 0 Å². The summed E-state index contributed by atoms with van der Waals surface area (Å²) in [6.45, 7) is 1.87. The third-order valence-electron chi connectivity index (χ3n) is 2.79. The van der Waals surface area contributed by atoms with Crippen LogP contribution in [0, 0.1) is 5.92 Å². The normalized spacial score (nSPS) is 17.4. The lowest BCUT2D eigenvalue weighted by Crippen LogP contribution is -2.24. The maximum Gasteiger partial charge on any atom is 0.358 e. The number of hydrogen-bond donors (Lipinski definition) is 1. The Bertz CT molecular complexity index is 520. The molecule has 1 atom stereocenters. The van der Waals surface area contributed by atoms with Gasteiger partial charge in [-0.1, -0.05) is 0 Å². The fourth-order valence-corrected chi connectivity index (χ4v) is 1.94. The SMILES string of the molecule is CCOC(=O)C1Cc2c(C(=O)OC)n[nH]c2C1=O. The maximum absolute atomic E-state index is 11.9. The number of esters is 2. The van der Waals surface area contributed by atoms with Gasteiger partial charge in [0.05, 0.1) is 13.7 Å². The van der Waals surface area contributed by atoms with Crippen LogP contribution in [0.4, 0.5) is 0 Å². The topological polar surface area (TPSA) is 98.3 Å². The number of ketones is 1. The zero-order valence-corrected chi connectivity index (χ0v) is 9.98. The number of H-pyrrole nitrogens is 1. The van der Waals surface area contributed by atoms with Gasteiger partial charge in [0.1, 0.15) is 11.6 Å². The second kappa shape index (κ2) is 4.59. The monoisotopic (exact) mass is 252 g/mol. The Morgan fingerprint density at radius 1 is 1.50 bits per heavy atom. The molecule has 96 valence electrons. The lowest BCUT2D eigenvalue weighted by molar-refractivity contribution is -0.146. The minimum Gasteiger partial charge on any atom is -0.465 e. The summed E-state index contributed by atoms with van der Waals surface area (Å²) in [5.74, 6) is -2.50. The first-order valence-electron chi connectivity index (χ1n) is 5.46. The number of nitrogens with one attached hydrogen (secondary N) is 1. The van der Waals surface area contributed by atoms with Gasteiger partial charge >= 0.3 is 11.9 Å². The number of methoxy groups -OCH3 is 1. The molecule has 1 heterocycles. The van der Waals surface area contributed by atoms with Gasteiger partial charge in [0, 0.05) is 5.56 Å². The van der Waals surface area contributed by atoms with Crippen molar-refractivity contribution in [2.45, 2.75) is 13.3 Å². The highest BCUT2D eigenvalue weighted by Gasteiger charge is 2.41. The molecule has 0 saturated carbocycles. The van der Waals surface area contributed by atoms with Crippen LogP contribution >= 0.6 is 0 Å². The van der Waals surface area contributed by atoms with Gasteiger partial charge in [-0.2, -0.15) is 5.10 Å². The zero-order chi connectivity index (χ0) is 13.3. The van der Waals surface area contributed by atoms with E-state index in [-0.39, 0.29) is 24.4 Å². The highest BCUT2D eigenvalue weighted by Crippen LogP contribution is 2.28. The molecular weight excluding hydrogens is 240 g/mol. The molecule has 0 bridgehead atoms. The van der Waals surface area contributed by atoms with E-state index in [4.69, 9.17) is 4.74 Å². The van der Waals surface area contributed by atoms with Crippen LogP contribution in [-0.4, -0.2) is 41.6 Å². The predicted octanol–water partition coefficient (Wildman–Crippen LogP) is 0.114. The van der Waals surface area contributed by atoms with Crippen molar-refractivity contribution >= 4 is 17.7 Å². The molecule has 18 heavy (non-hydrogen) atoms. The van der Waals surface area contributed by atoms with Crippen LogP contribution < -0.4 is 0 Å². The minimum absolute atomic E-state index is 0.0487. The van der Waals surface area contributed by atoms with Crippen molar-refractivity contribution in [3.05, 3.63) is 17.0 Å². The molecule has 0 radical (unpaired) electrons. The fourth-order valence-electron chi connectivity index (χ4n) is 1.94. The van der Waals surface area contributed by atoms with Crippen molar-refractivity contribution < 1.29 is 23.9 Å². The minimum atomic E-state index is -0.891. The third-order valence-corrected chi connectivity index (χ3v) is 2.79. The number of carbonyl (C=O) groups excluding carboxylic acids is 3. The van der Waals surface area contributed by atoms with Crippen LogP contribution in [0.25, 0.3) is 0 Å². The number of fused-ring (bicyclic) bond motifs is 1. The molecule has 0 fully saturated rings. The average molecular weight is 252 g/mol. The summed E-state index contributed by atoms with van der Waals surface area (Å²) in [4.78, 5) is 34.9. The molecular formula is C11H12N2O5. The van der Waals surface area contributed by atoms with Crippen molar-refractivity contribution in [1.29, 1.82) is 0 Å². The van der Waals surface area contributed by atoms with Gasteiger partial charge in [-0.25, -0.2) is 4.79 Å². The Kier molecular flexibility index (Phi) is 3.14. The summed E-state index contributed by atoms with van der Waals surface area (Å²) in [5, 5.41) is 6.20. The number of nitrogens with zero attached hydrogens (tertiary/aromatic N) is 1. The van der Waals surface area contributed by atoms with Gasteiger partial charge in [0.15, 0.2) is 11.5 Å². The quantitative estimate of drug-likeness (QED) is 0.605. The largest absolute Gasteiger partial charge is 0.465 e. The highest BCUT2D eigenvalue weighted by atomic mass is 16.5. The number of hydrogen-bond acceptors (Lipinski definition) is 6. The van der Waals surface area contributed by atoms with E-state index < -0.39 is 23.6 Å². The van der Waals surface area contributed by atoms with Gasteiger partial charge in [-0.3, -0.25) is 14.7 Å². The van der Waals surface area contributed by atoms with Crippen LogP contribution in [-0.2, 0) is 20.7 Å². The molecule has 7 nitrogen and oxygen atoms in total. The van der Waals surface area contributed by atoms with Crippen molar-refractivity contribution in [1.82, 2.24) is 10.2 Å². The summed E-state index contributed by atoms with van der Waals surface area (Å²) < 4.78 is 9.36. The molecule has 1 aliphatic rings. The van der Waals surface area contributed by atoms with Crippen LogP contribution in [0.2, 0.25) is 0 Å². The summed E-state index contributed by atoms with van der Waals surface area (Å²) >= 11 is 0. The van der Waals surface area contributed by atoms with Crippen LogP contribution in [0.15, 0.2) is 0 Å². The zero-order valence-electron chi connectivity index (χ0n) is 9.98. The van der Waals surface area contributed by atoms with E-state index in [1.807, 2.05) is 0 Å². The second-order valence-corrected chi connectivity index (χ2v) is 3.79. The Morgan fingerprint density at radius 2 is 2.22 bits per heavy atom. The summed E-state index contributed by atoms with van der Waals surface area (Å²) in [6, 6.07) is 0. The number of aromatic nitrogens is 2. The molecule has 0 aromatic carbocycles. The van der Waals surface area contributed by atoms with Gasteiger partial charge in [-0.05, 0) is 13.3 Å². The van der Waals surface area contributed by atoms with Crippen molar-refractivity contribution in [2.75, 3.05) is 13.7 Å². The number of ether oxygens (including phenoxy) is 2. The molecule has 1 unspecified atom stereocenters. The molecule has 1 aromatic heterocycles. The average Bonchev–Trinajstić information content (AvgIpc) is 2.90. The molecule has 0 spiro atoms. The maximum atomic E-state index is 11.9. The number of carbonyl (C=O) groups is 3. The first-order valence-corrected chi connectivity index (χ1v) is 5.46. The molecule has 0 aliphatic heterocycles. The first-order chi connectivity index (χ1) is 8.60. The Labute approximate surface area is 102 Å². The molecule has 0 amide bonds. The Hall–Kier alpha value is -2.18. The molecule has 1 aromatic rings. The van der Waals surface area contributed by atoms with E-state index in [1.165, 1.54) is 7.11 Å². The van der Waals surface area contributed by atoms with E-state index in [0.29, 0.717) is 5.56 Å². The van der Waals surface area contributed by atoms with Crippen LogP contribution in [0.5, 0.6) is 0 Å². The smallest absolute Gasteiger partial charge is 0.358 e. The molecule has 2 rings (SSSR count). The number of rotatable bonds is 3. The highest BCUT2D eigenvalue weighted by molar-refractivity contribution is 6.12. The molecule has 7 heteroatoms. The van der Waals surface area contributed by atoms with E-state index in [0.717, 1.165) is 0 Å². The summed E-state index contributed by atoms with van der Waals surface area (Å²) in [5.41, 5.74) is 0.658. The Morgan fingerprint density at radius 3 is 2.83 bits per heavy atom. The molecule has 1 N–H and O–H groups in total. The molecule has 0 saturated heterocycles. The van der Waals surface area contributed by atoms with Gasteiger partial charge in [-0.15, -0.1) is 0 Å². The second-order valence-electron chi connectivity index (χ2n) is 3.79. The van der Waals surface area contributed by atoms with E-state index in [9.17, 15) is 14.4 Å². The lowest BCUT2D eigenvalue weighted by Gasteiger charge is -2.06. The lowest BCUT2D eigenvalue weighted by atomic mass is 10.1. The van der Waals surface area contributed by atoms with E-state index in [2.05, 4.69) is 14.9 Å². The third kappa shape index (κ3) is 1.77. The first kappa shape index (κ1) is 12.3. The predicted molar refractivity (Wildman–Crippen MR) is 58.1 cm³/mol. The number of Topliss-reactive ketones (excluding diaryl/α,β-unsaturated/α-hetero) is 1. The summed E-state index contributed by atoms with van der Waals surface area (Å²) in [6.07, 6.45) is 0.119. The van der Waals surface area contributed by atoms with Crippen molar-refractivity contribution in [3.8, 4) is 0 Å².